The van der Waals surface area contributed by atoms with Gasteiger partial charge in [-0.2, -0.15) is 0 Å². The third-order valence-electron chi connectivity index (χ3n) is 2.91. The molecule has 0 saturated carbocycles. The Kier molecular flexibility index (Phi) is 2.83. The number of hydrogen-bond acceptors (Lipinski definition) is 5. The van der Waals surface area contributed by atoms with Crippen molar-refractivity contribution in [2.24, 2.45) is 0 Å². The fraction of sp³-hybridized carbons (Fsp3) is 0. The summed E-state index contributed by atoms with van der Waals surface area (Å²) >= 11 is 0. The highest BCUT2D eigenvalue weighted by Crippen LogP contribution is 2.22. The largest absolute Gasteiger partial charge is 0.478 e. The number of hydrogen-bond donors (Lipinski definition) is 1. The van der Waals surface area contributed by atoms with Crippen LogP contribution in [0.25, 0.3) is 17.0 Å². The van der Waals surface area contributed by atoms with Gasteiger partial charge in [0.2, 0.25) is 0 Å². The van der Waals surface area contributed by atoms with Crippen LogP contribution in [0, 0.1) is 10.1 Å². The lowest BCUT2D eigenvalue weighted by Crippen LogP contribution is -2.00. The molecule has 2 aromatic heterocycles. The van der Waals surface area contributed by atoms with Crippen molar-refractivity contribution < 1.29 is 14.8 Å². The van der Waals surface area contributed by atoms with Crippen LogP contribution in [0.5, 0.6) is 0 Å². The van der Waals surface area contributed by atoms with E-state index in [0.717, 1.165) is 0 Å². The predicted octanol–water partition coefficient (Wildman–Crippen LogP) is 2.00. The molecular weight excluding hydrogens is 276 g/mol. The molecule has 0 aliphatic rings. The number of pyridine rings is 1. The molecule has 0 radical (unpaired) electrons. The van der Waals surface area contributed by atoms with Crippen molar-refractivity contribution in [1.82, 2.24) is 14.6 Å². The van der Waals surface area contributed by atoms with E-state index in [9.17, 15) is 14.9 Å². The van der Waals surface area contributed by atoms with E-state index in [4.69, 9.17) is 5.11 Å². The van der Waals surface area contributed by atoms with Crippen LogP contribution in [0.4, 0.5) is 5.69 Å². The zero-order valence-electron chi connectivity index (χ0n) is 10.5. The normalized spacial score (nSPS) is 10.7. The Morgan fingerprint density at radius 3 is 2.81 bits per heavy atom. The molecule has 0 spiro atoms. The number of benzene rings is 1. The molecule has 0 unspecified atom stereocenters. The topological polar surface area (TPSA) is 111 Å². The molecule has 0 aliphatic carbocycles. The van der Waals surface area contributed by atoms with Gasteiger partial charge in [-0.05, 0) is 12.1 Å². The quantitative estimate of drug-likeness (QED) is 0.581. The monoisotopic (exact) mass is 284 g/mol. The maximum Gasteiger partial charge on any atom is 0.339 e. The van der Waals surface area contributed by atoms with Crippen LogP contribution in [0.3, 0.4) is 0 Å². The third-order valence-corrected chi connectivity index (χ3v) is 2.91. The number of nitrogens with zero attached hydrogens (tertiary/aromatic N) is 4. The SMILES string of the molecule is O=C(O)c1cccn2nc(-c3cccc([N+](=O)[O-])c3)nc12. The van der Waals surface area contributed by atoms with E-state index in [2.05, 4.69) is 10.1 Å². The Balaban J connectivity index is 2.18. The second-order valence-corrected chi connectivity index (χ2v) is 4.24. The lowest BCUT2D eigenvalue weighted by atomic mass is 10.2. The first kappa shape index (κ1) is 12.7. The molecule has 0 aliphatic heterocycles. The van der Waals surface area contributed by atoms with Gasteiger partial charge in [0.15, 0.2) is 11.5 Å². The second kappa shape index (κ2) is 4.67. The minimum atomic E-state index is -1.11. The number of rotatable bonds is 3. The summed E-state index contributed by atoms with van der Waals surface area (Å²) in [5.74, 6) is -0.883. The number of non-ortho nitro benzene ring substituents is 1. The van der Waals surface area contributed by atoms with Crippen LogP contribution >= 0.6 is 0 Å². The standard InChI is InChI=1S/C13H8N4O4/c18-13(19)10-5-2-6-16-12(10)14-11(15-16)8-3-1-4-9(7-8)17(20)21/h1-7H,(H,18,19). The molecule has 2 heterocycles. The van der Waals surface area contributed by atoms with Gasteiger partial charge >= 0.3 is 5.97 Å². The Bertz CT molecular complexity index is 871. The van der Waals surface area contributed by atoms with Crippen molar-refractivity contribution in [1.29, 1.82) is 0 Å². The Labute approximate surface area is 117 Å². The van der Waals surface area contributed by atoms with E-state index in [1.807, 2.05) is 0 Å². The van der Waals surface area contributed by atoms with Gasteiger partial charge in [-0.1, -0.05) is 12.1 Å². The predicted molar refractivity (Wildman–Crippen MR) is 72.0 cm³/mol. The fourth-order valence-corrected chi connectivity index (χ4v) is 1.95. The summed E-state index contributed by atoms with van der Waals surface area (Å²) < 4.78 is 1.33. The van der Waals surface area contributed by atoms with Gasteiger partial charge in [0, 0.05) is 23.9 Å². The van der Waals surface area contributed by atoms with Crippen LogP contribution < -0.4 is 0 Å². The van der Waals surface area contributed by atoms with E-state index in [1.54, 1.807) is 18.3 Å². The van der Waals surface area contributed by atoms with Gasteiger partial charge in [-0.25, -0.2) is 14.3 Å². The first-order valence-corrected chi connectivity index (χ1v) is 5.90. The van der Waals surface area contributed by atoms with Crippen LogP contribution in [0.1, 0.15) is 10.4 Å². The first-order valence-electron chi connectivity index (χ1n) is 5.90. The average Bonchev–Trinajstić information content (AvgIpc) is 2.91. The van der Waals surface area contributed by atoms with Crippen molar-refractivity contribution in [2.45, 2.75) is 0 Å². The van der Waals surface area contributed by atoms with Crippen molar-refractivity contribution in [3.8, 4) is 11.4 Å². The number of carbonyl (C=O) groups is 1. The molecular formula is C13H8N4O4. The number of carboxylic acid groups (broad SMARTS) is 1. The molecule has 8 heteroatoms. The van der Waals surface area contributed by atoms with Gasteiger partial charge in [-0.15, -0.1) is 5.10 Å². The molecule has 3 rings (SSSR count). The van der Waals surface area contributed by atoms with E-state index >= 15 is 0 Å². The van der Waals surface area contributed by atoms with Crippen molar-refractivity contribution in [2.75, 3.05) is 0 Å². The summed E-state index contributed by atoms with van der Waals surface area (Å²) in [7, 11) is 0. The maximum atomic E-state index is 11.1. The number of fused-ring (bicyclic) bond motifs is 1. The maximum absolute atomic E-state index is 11.1. The number of aromatic carboxylic acids is 1. The highest BCUT2D eigenvalue weighted by atomic mass is 16.6. The average molecular weight is 284 g/mol. The second-order valence-electron chi connectivity index (χ2n) is 4.24. The summed E-state index contributed by atoms with van der Waals surface area (Å²) in [6.07, 6.45) is 1.57. The summed E-state index contributed by atoms with van der Waals surface area (Å²) in [4.78, 5) is 25.6. The van der Waals surface area contributed by atoms with Crippen LogP contribution in [0.2, 0.25) is 0 Å². The molecule has 0 atom stereocenters. The molecule has 0 fully saturated rings. The molecule has 1 N–H and O–H groups in total. The first-order chi connectivity index (χ1) is 10.1. The lowest BCUT2D eigenvalue weighted by Gasteiger charge is -1.94. The molecule has 8 nitrogen and oxygen atoms in total. The van der Waals surface area contributed by atoms with Crippen LogP contribution in [-0.4, -0.2) is 30.6 Å². The van der Waals surface area contributed by atoms with Gasteiger partial charge in [0.1, 0.15) is 5.56 Å². The van der Waals surface area contributed by atoms with E-state index in [0.29, 0.717) is 5.56 Å². The number of aromatic nitrogens is 3. The minimum absolute atomic E-state index is 0.0154. The molecule has 21 heavy (non-hydrogen) atoms. The summed E-state index contributed by atoms with van der Waals surface area (Å²) in [5.41, 5.74) is 0.572. The summed E-state index contributed by atoms with van der Waals surface area (Å²) in [6.45, 7) is 0. The molecule has 3 aromatic rings. The van der Waals surface area contributed by atoms with E-state index < -0.39 is 10.9 Å². The highest BCUT2D eigenvalue weighted by Gasteiger charge is 2.15. The van der Waals surface area contributed by atoms with Crippen molar-refractivity contribution in [3.05, 3.63) is 58.3 Å². The van der Waals surface area contributed by atoms with Gasteiger partial charge in [-0.3, -0.25) is 10.1 Å². The highest BCUT2D eigenvalue weighted by molar-refractivity contribution is 5.94. The smallest absolute Gasteiger partial charge is 0.339 e. The molecule has 0 bridgehead atoms. The number of nitro benzene ring substituents is 1. The van der Waals surface area contributed by atoms with Crippen molar-refractivity contribution >= 4 is 17.3 Å². The number of carboxylic acids is 1. The van der Waals surface area contributed by atoms with Crippen LogP contribution in [0.15, 0.2) is 42.6 Å². The summed E-state index contributed by atoms with van der Waals surface area (Å²) in [5, 5.41) is 24.0. The zero-order chi connectivity index (χ0) is 15.0. The summed E-state index contributed by atoms with van der Waals surface area (Å²) in [6, 6.07) is 8.82. The zero-order valence-corrected chi connectivity index (χ0v) is 10.5. The van der Waals surface area contributed by atoms with E-state index in [1.165, 1.54) is 28.8 Å². The molecule has 1 aromatic carbocycles. The third kappa shape index (κ3) is 2.18. The van der Waals surface area contributed by atoms with Crippen molar-refractivity contribution in [3.63, 3.8) is 0 Å². The Hall–Kier alpha value is -3.29. The van der Waals surface area contributed by atoms with E-state index in [-0.39, 0.29) is 22.7 Å². The minimum Gasteiger partial charge on any atom is -0.478 e. The molecule has 0 saturated heterocycles. The van der Waals surface area contributed by atoms with Gasteiger partial charge in [0.25, 0.3) is 5.69 Å². The molecule has 0 amide bonds. The number of nitro groups is 1. The Morgan fingerprint density at radius 2 is 2.10 bits per heavy atom. The van der Waals surface area contributed by atoms with Crippen LogP contribution in [-0.2, 0) is 0 Å². The Morgan fingerprint density at radius 1 is 1.29 bits per heavy atom. The molecule has 104 valence electrons. The van der Waals surface area contributed by atoms with Gasteiger partial charge in [0.05, 0.1) is 4.92 Å². The fourth-order valence-electron chi connectivity index (χ4n) is 1.95. The van der Waals surface area contributed by atoms with Gasteiger partial charge < -0.3 is 5.11 Å². The lowest BCUT2D eigenvalue weighted by molar-refractivity contribution is -0.384.